The van der Waals surface area contributed by atoms with Crippen LogP contribution in [-0.2, 0) is 37.1 Å². The molecule has 9 nitrogen and oxygen atoms in total. The molecule has 2 aliphatic heterocycles. The van der Waals surface area contributed by atoms with Gasteiger partial charge in [-0.1, -0.05) is 29.3 Å². The number of aryl methyl sites for hydroxylation is 1. The number of anilines is 2. The van der Waals surface area contributed by atoms with Crippen LogP contribution in [0.4, 0.5) is 11.8 Å². The minimum absolute atomic E-state index is 0.0299. The van der Waals surface area contributed by atoms with Crippen LogP contribution in [0.1, 0.15) is 35.7 Å². The number of fused-ring (bicyclic) bond motifs is 2. The maximum atomic E-state index is 12.6. The quantitative estimate of drug-likeness (QED) is 0.477. The average Bonchev–Trinajstić information content (AvgIpc) is 3.35. The topological polar surface area (TPSA) is 115 Å². The molecule has 12 heteroatoms. The number of nitrogens with zero attached hydrogens (tertiary/aromatic N) is 6. The normalized spacial score (nSPS) is 20.2. The summed E-state index contributed by atoms with van der Waals surface area (Å²) in [6.45, 7) is 1.96. The van der Waals surface area contributed by atoms with Gasteiger partial charge in [0.25, 0.3) is 0 Å². The van der Waals surface area contributed by atoms with Crippen molar-refractivity contribution in [1.82, 2.24) is 24.7 Å². The first-order valence-electron chi connectivity index (χ1n) is 11.2. The third kappa shape index (κ3) is 4.01. The zero-order valence-electron chi connectivity index (χ0n) is 18.3. The van der Waals surface area contributed by atoms with E-state index in [2.05, 4.69) is 25.0 Å². The Balaban J connectivity index is 1.25. The Bertz CT molecular complexity index is 1270. The largest absolute Gasteiger partial charge is 0.611 e. The van der Waals surface area contributed by atoms with Crippen LogP contribution < -0.4 is 10.2 Å². The Hall–Kier alpha value is -2.11. The highest BCUT2D eigenvalue weighted by atomic mass is 35.5. The van der Waals surface area contributed by atoms with Gasteiger partial charge in [-0.15, -0.1) is 10.2 Å². The van der Waals surface area contributed by atoms with Crippen LogP contribution in [0.25, 0.3) is 0 Å². The number of hydrogen-bond acceptors (Lipinski definition) is 8. The first kappa shape index (κ1) is 22.4. The van der Waals surface area contributed by atoms with Gasteiger partial charge in [0.2, 0.25) is 10.8 Å². The van der Waals surface area contributed by atoms with E-state index in [0.29, 0.717) is 64.9 Å². The van der Waals surface area contributed by atoms with E-state index in [4.69, 9.17) is 33.2 Å². The number of halogens is 2. The van der Waals surface area contributed by atoms with E-state index in [1.165, 1.54) is 0 Å². The van der Waals surface area contributed by atoms with Gasteiger partial charge in [0.05, 0.1) is 28.7 Å². The average molecular weight is 520 g/mol. The molecule has 1 saturated carbocycles. The molecule has 2 N–H and O–H groups in total. The molecular formula is C22H23Cl2N7O2S. The van der Waals surface area contributed by atoms with Gasteiger partial charge in [0.1, 0.15) is 17.3 Å². The van der Waals surface area contributed by atoms with Crippen molar-refractivity contribution in [1.29, 1.82) is 0 Å². The molecule has 4 heterocycles. The Morgan fingerprint density at radius 2 is 2.00 bits per heavy atom. The second kappa shape index (κ2) is 8.53. The van der Waals surface area contributed by atoms with Gasteiger partial charge < -0.3 is 24.4 Å². The number of rotatable bonds is 6. The van der Waals surface area contributed by atoms with Crippen molar-refractivity contribution in [2.45, 2.75) is 49.2 Å². The molecule has 0 radical (unpaired) electrons. The van der Waals surface area contributed by atoms with Crippen molar-refractivity contribution in [3.63, 3.8) is 0 Å². The number of hydrogen-bond donors (Lipinski definition) is 2. The number of nitrogens with one attached hydrogen (secondary N) is 1. The van der Waals surface area contributed by atoms with E-state index in [0.717, 1.165) is 35.7 Å². The predicted octanol–water partition coefficient (Wildman–Crippen LogP) is 2.59. The summed E-state index contributed by atoms with van der Waals surface area (Å²) < 4.78 is 14.7. The molecule has 0 amide bonds. The summed E-state index contributed by atoms with van der Waals surface area (Å²) >= 11 is 11.1. The highest BCUT2D eigenvalue weighted by Gasteiger charge is 2.45. The number of aliphatic hydroxyl groups is 1. The summed E-state index contributed by atoms with van der Waals surface area (Å²) in [7, 11) is 0. The van der Waals surface area contributed by atoms with Crippen LogP contribution in [0.15, 0.2) is 23.1 Å². The van der Waals surface area contributed by atoms with Gasteiger partial charge in [-0.3, -0.25) is 0 Å². The summed E-state index contributed by atoms with van der Waals surface area (Å²) in [5, 5.41) is 23.0. The molecule has 6 rings (SSSR count). The van der Waals surface area contributed by atoms with E-state index < -0.39 is 11.2 Å². The Morgan fingerprint density at radius 1 is 1.15 bits per heavy atom. The van der Waals surface area contributed by atoms with E-state index in [1.807, 2.05) is 12.1 Å². The zero-order valence-corrected chi connectivity index (χ0v) is 20.6. The Kier molecular flexibility index (Phi) is 5.61. The number of benzene rings is 1. The zero-order chi connectivity index (χ0) is 23.4. The van der Waals surface area contributed by atoms with E-state index >= 15 is 0 Å². The molecule has 1 aliphatic carbocycles. The summed E-state index contributed by atoms with van der Waals surface area (Å²) in [6, 6.07) is 5.60. The second-order valence-electron chi connectivity index (χ2n) is 9.04. The maximum Gasteiger partial charge on any atom is 0.228 e. The van der Waals surface area contributed by atoms with E-state index in [-0.39, 0.29) is 12.1 Å². The fraction of sp³-hybridized carbons (Fsp3) is 0.455. The second-order valence-corrected chi connectivity index (χ2v) is 11.4. The van der Waals surface area contributed by atoms with Crippen LogP contribution in [0.2, 0.25) is 10.0 Å². The van der Waals surface area contributed by atoms with Crippen molar-refractivity contribution in [2.24, 2.45) is 0 Å². The first-order valence-corrected chi connectivity index (χ1v) is 13.3. The van der Waals surface area contributed by atoms with Gasteiger partial charge in [0.15, 0.2) is 11.6 Å². The summed E-state index contributed by atoms with van der Waals surface area (Å²) in [5.74, 6) is 3.46. The third-order valence-corrected chi connectivity index (χ3v) is 8.87. The first-order chi connectivity index (χ1) is 16.4. The SMILES string of the molecule is [O-][S+]1CCc2nc(N3CCn4c(Cc5ccc(Cl)c(Cl)c5)nnc4C3)nc(NC3(CO)CC3)c21. The molecule has 1 atom stereocenters. The predicted molar refractivity (Wildman–Crippen MR) is 130 cm³/mol. The summed E-state index contributed by atoms with van der Waals surface area (Å²) in [4.78, 5) is 12.3. The van der Waals surface area contributed by atoms with Crippen LogP contribution in [0.5, 0.6) is 0 Å². The fourth-order valence-corrected chi connectivity index (χ4v) is 6.11. The maximum absolute atomic E-state index is 12.6. The molecule has 2 aromatic heterocycles. The molecule has 178 valence electrons. The molecule has 0 saturated heterocycles. The molecule has 3 aromatic rings. The highest BCUT2D eigenvalue weighted by Crippen LogP contribution is 2.41. The Labute approximate surface area is 209 Å². The van der Waals surface area contributed by atoms with Gasteiger partial charge in [-0.2, -0.15) is 4.98 Å². The van der Waals surface area contributed by atoms with Gasteiger partial charge in [-0.25, -0.2) is 4.98 Å². The molecule has 1 aromatic carbocycles. The van der Waals surface area contributed by atoms with Crippen molar-refractivity contribution in [3.05, 3.63) is 51.2 Å². The summed E-state index contributed by atoms with van der Waals surface area (Å²) in [6.07, 6.45) is 3.02. The lowest BCUT2D eigenvalue weighted by Gasteiger charge is -2.28. The van der Waals surface area contributed by atoms with Gasteiger partial charge >= 0.3 is 0 Å². The van der Waals surface area contributed by atoms with Crippen molar-refractivity contribution in [2.75, 3.05) is 29.1 Å². The standard InChI is InChI=1S/C22H23Cl2N7O2S/c23-14-2-1-13(9-15(14)24)10-17-28-29-18-11-30(6-7-31(17)18)21-25-16-3-8-34(33)19(16)20(26-21)27-22(12-32)4-5-22/h1-2,9,32H,3-8,10-12H2,(H,25,26,27). The molecule has 34 heavy (non-hydrogen) atoms. The minimum Gasteiger partial charge on any atom is -0.611 e. The monoisotopic (exact) mass is 519 g/mol. The van der Waals surface area contributed by atoms with Crippen molar-refractivity contribution < 1.29 is 9.66 Å². The third-order valence-electron chi connectivity index (χ3n) is 6.67. The van der Waals surface area contributed by atoms with Crippen LogP contribution in [0, 0.1) is 0 Å². The Morgan fingerprint density at radius 3 is 2.76 bits per heavy atom. The molecule has 3 aliphatic rings. The minimum atomic E-state index is -1.12. The van der Waals surface area contributed by atoms with Gasteiger partial charge in [0, 0.05) is 25.9 Å². The van der Waals surface area contributed by atoms with Crippen molar-refractivity contribution >= 4 is 46.1 Å². The molecular weight excluding hydrogens is 497 g/mol. The van der Waals surface area contributed by atoms with Crippen LogP contribution >= 0.6 is 23.2 Å². The van der Waals surface area contributed by atoms with Crippen LogP contribution in [0.3, 0.4) is 0 Å². The summed E-state index contributed by atoms with van der Waals surface area (Å²) in [5.41, 5.74) is 1.50. The van der Waals surface area contributed by atoms with Crippen molar-refractivity contribution in [3.8, 4) is 0 Å². The lowest BCUT2D eigenvalue weighted by Crippen LogP contribution is -2.36. The molecule has 1 fully saturated rings. The smallest absolute Gasteiger partial charge is 0.228 e. The van der Waals surface area contributed by atoms with Crippen LogP contribution in [-0.4, -0.2) is 58.8 Å². The molecule has 1 unspecified atom stereocenters. The lowest BCUT2D eigenvalue weighted by atomic mass is 10.1. The molecule has 0 spiro atoms. The molecule has 0 bridgehead atoms. The number of aliphatic hydroxyl groups excluding tert-OH is 1. The lowest BCUT2D eigenvalue weighted by molar-refractivity contribution is 0.265. The number of aromatic nitrogens is 5. The highest BCUT2D eigenvalue weighted by molar-refractivity contribution is 7.91. The fourth-order valence-electron chi connectivity index (χ4n) is 4.49. The van der Waals surface area contributed by atoms with Gasteiger partial charge in [-0.05, 0) is 41.7 Å². The van der Waals surface area contributed by atoms with E-state index in [1.54, 1.807) is 6.07 Å². The van der Waals surface area contributed by atoms with E-state index in [9.17, 15) is 9.66 Å².